The molecule has 1 saturated carbocycles. The molecule has 0 atom stereocenters. The number of carboxylic acids is 1. The molecule has 4 rings (SSSR count). The topological polar surface area (TPSA) is 88.6 Å². The molecule has 0 bridgehead atoms. The molecule has 1 aliphatic rings. The van der Waals surface area contributed by atoms with Crippen LogP contribution >= 0.6 is 0 Å². The first kappa shape index (κ1) is 25.5. The van der Waals surface area contributed by atoms with Gasteiger partial charge in [0.05, 0.1) is 5.52 Å². The third kappa shape index (κ3) is 6.37. The predicted octanol–water partition coefficient (Wildman–Crippen LogP) is 4.94. The van der Waals surface area contributed by atoms with Crippen molar-refractivity contribution >= 4 is 57.2 Å². The van der Waals surface area contributed by atoms with E-state index < -0.39 is 5.97 Å². The van der Waals surface area contributed by atoms with Crippen molar-refractivity contribution < 1.29 is 9.90 Å². The zero-order chi connectivity index (χ0) is 24.9. The molecule has 178 valence electrons. The van der Waals surface area contributed by atoms with Crippen molar-refractivity contribution in [2.75, 3.05) is 0 Å². The molecule has 0 spiro atoms. The number of aliphatic imine (C=N–C) groups is 1. The van der Waals surface area contributed by atoms with Gasteiger partial charge >= 0.3 is 184 Å². The van der Waals surface area contributed by atoms with Gasteiger partial charge in [-0.25, -0.2) is 0 Å². The number of carboxylic acid groups (broad SMARTS) is 1. The van der Waals surface area contributed by atoms with Crippen LogP contribution in [0, 0.1) is 12.8 Å². The molecule has 0 amide bonds. The number of fused-ring (bicyclic) bond motifs is 1. The summed E-state index contributed by atoms with van der Waals surface area (Å²) in [5, 5.41) is 10.3. The number of pyridine rings is 1. The van der Waals surface area contributed by atoms with Crippen LogP contribution in [0.25, 0.3) is 16.5 Å². The molecular formula is C29H32N3O2Tl. The van der Waals surface area contributed by atoms with E-state index in [1.807, 2.05) is 30.3 Å². The van der Waals surface area contributed by atoms with E-state index in [0.717, 1.165) is 67.9 Å². The summed E-state index contributed by atoms with van der Waals surface area (Å²) in [5.41, 5.74) is 13.4. The first-order valence-corrected chi connectivity index (χ1v) is 14.5. The number of aromatic nitrogens is 1. The van der Waals surface area contributed by atoms with Crippen LogP contribution < -0.4 is 8.86 Å². The molecule has 0 saturated heterocycles. The van der Waals surface area contributed by atoms with Gasteiger partial charge in [-0.15, -0.1) is 0 Å². The molecule has 0 radical (unpaired) electrons. The van der Waals surface area contributed by atoms with E-state index >= 15 is 0 Å². The number of amidine groups is 1. The average molecular weight is 659 g/mol. The van der Waals surface area contributed by atoms with Crippen molar-refractivity contribution in [3.8, 4) is 0 Å². The number of rotatable bonds is 7. The van der Waals surface area contributed by atoms with Gasteiger partial charge in [0.25, 0.3) is 0 Å². The van der Waals surface area contributed by atoms with E-state index in [1.165, 1.54) is 25.4 Å². The summed E-state index contributed by atoms with van der Waals surface area (Å²) in [7, 11) is 0. The third-order valence-corrected chi connectivity index (χ3v) is 8.45. The Kier molecular flexibility index (Phi) is 8.36. The fourth-order valence-corrected chi connectivity index (χ4v) is 6.17. The Morgan fingerprint density at radius 2 is 1.89 bits per heavy atom. The molecule has 1 fully saturated rings. The summed E-state index contributed by atoms with van der Waals surface area (Å²) in [4.78, 5) is 20.6. The number of allylic oxidation sites excluding steroid dienone is 2. The summed E-state index contributed by atoms with van der Waals surface area (Å²) in [6.07, 6.45) is 6.60. The van der Waals surface area contributed by atoms with Crippen LogP contribution in [0.15, 0.2) is 65.3 Å². The number of nitrogens with two attached hydrogens (primary N) is 1. The van der Waals surface area contributed by atoms with E-state index in [2.05, 4.69) is 37.0 Å². The van der Waals surface area contributed by atoms with E-state index in [-0.39, 0.29) is 12.5 Å². The van der Waals surface area contributed by atoms with E-state index in [1.54, 1.807) is 6.20 Å². The van der Waals surface area contributed by atoms with Gasteiger partial charge in [-0.3, -0.25) is 4.98 Å². The monoisotopic (exact) mass is 659 g/mol. The van der Waals surface area contributed by atoms with Gasteiger partial charge in [-0.05, 0) is 6.07 Å². The molecule has 0 unspecified atom stereocenters. The number of hydrogen-bond acceptors (Lipinski definition) is 3. The number of aliphatic carboxylic acids is 1. The van der Waals surface area contributed by atoms with E-state index in [9.17, 15) is 9.90 Å². The zero-order valence-corrected chi connectivity index (χ0v) is 25.0. The van der Waals surface area contributed by atoms with Crippen LogP contribution in [0.5, 0.6) is 0 Å². The van der Waals surface area contributed by atoms with Gasteiger partial charge < -0.3 is 0 Å². The van der Waals surface area contributed by atoms with Crippen molar-refractivity contribution in [3.05, 3.63) is 77.0 Å². The number of hydrogen-bond donors (Lipinski definition) is 2. The van der Waals surface area contributed by atoms with Gasteiger partial charge in [-0.2, -0.15) is 0 Å². The number of carbonyl (C=O) groups is 1. The first-order valence-electron chi connectivity index (χ1n) is 12.3. The Morgan fingerprint density at radius 3 is 2.63 bits per heavy atom. The van der Waals surface area contributed by atoms with Crippen molar-refractivity contribution in [2.24, 2.45) is 16.6 Å². The summed E-state index contributed by atoms with van der Waals surface area (Å²) in [6.45, 7) is 4.29. The van der Waals surface area contributed by atoms with Crippen molar-refractivity contribution in [1.82, 2.24) is 4.98 Å². The maximum absolute atomic E-state index is 11.2. The Bertz CT molecular complexity index is 1290. The Hall–Kier alpha value is -2.55. The molecule has 0 aliphatic heterocycles. The van der Waals surface area contributed by atoms with Gasteiger partial charge in [-0.1, -0.05) is 12.1 Å². The standard InChI is InChI=1S/C29H32N3O2.Tl/c1-19-6-3-4-8-25(19)28(20(2)9-16-27(33)34)22-12-14-24(15-13-22)32-29(30)23-11-10-21-7-5-17-31-26(21)18-23;/h3,5-8,10-11,17-18,22,24H,9,12-16H2,1-2H3,(H2,30,32)(H,33,34);/b28-20-;. The summed E-state index contributed by atoms with van der Waals surface area (Å²) in [6, 6.07) is 17.0. The summed E-state index contributed by atoms with van der Waals surface area (Å²) < 4.78 is 1.39. The van der Waals surface area contributed by atoms with Crippen molar-refractivity contribution in [2.45, 2.75) is 58.4 Å². The van der Waals surface area contributed by atoms with Gasteiger partial charge in [0.1, 0.15) is 0 Å². The fraction of sp³-hybridized carbons (Fsp3) is 0.345. The second kappa shape index (κ2) is 11.5. The minimum atomic E-state index is -0.740. The molecule has 3 N–H and O–H groups in total. The van der Waals surface area contributed by atoms with Crippen LogP contribution in [0.4, 0.5) is 0 Å². The SMILES string of the molecule is C/C(CCC(=O)O)=C(/c1c[c]([Tl])ccc1C)C1CCC(N=C(N)c2ccc3cccnc3c2)CC1. The zero-order valence-electron chi connectivity index (χ0n) is 20.5. The fourth-order valence-electron chi connectivity index (χ4n) is 5.15. The minimum absolute atomic E-state index is 0.174. The molecule has 3 aromatic rings. The maximum atomic E-state index is 11.2. The molecule has 1 heterocycles. The number of nitrogens with zero attached hydrogens (tertiary/aromatic N) is 2. The quantitative estimate of drug-likeness (QED) is 0.214. The Morgan fingerprint density at radius 1 is 1.11 bits per heavy atom. The van der Waals surface area contributed by atoms with Gasteiger partial charge in [0.2, 0.25) is 0 Å². The second-order valence-corrected chi connectivity index (χ2v) is 12.2. The molecular weight excluding hydrogens is 627 g/mol. The molecule has 1 aliphatic carbocycles. The van der Waals surface area contributed by atoms with Crippen LogP contribution in [-0.2, 0) is 4.79 Å². The number of benzene rings is 2. The van der Waals surface area contributed by atoms with Crippen LogP contribution in [0.3, 0.4) is 0 Å². The molecule has 35 heavy (non-hydrogen) atoms. The predicted molar refractivity (Wildman–Crippen MR) is 144 cm³/mol. The molecule has 2 aromatic carbocycles. The molecule has 5 nitrogen and oxygen atoms in total. The normalized spacial score (nSPS) is 19.4. The van der Waals surface area contributed by atoms with Crippen LogP contribution in [-0.4, -0.2) is 53.7 Å². The Labute approximate surface area is 223 Å². The molecule has 1 aromatic heterocycles. The van der Waals surface area contributed by atoms with Crippen LogP contribution in [0.2, 0.25) is 0 Å². The second-order valence-electron chi connectivity index (χ2n) is 9.59. The van der Waals surface area contributed by atoms with Crippen molar-refractivity contribution in [3.63, 3.8) is 0 Å². The third-order valence-electron chi connectivity index (χ3n) is 7.05. The molecule has 6 heteroatoms. The van der Waals surface area contributed by atoms with Gasteiger partial charge in [0.15, 0.2) is 0 Å². The first-order chi connectivity index (χ1) is 16.8. The summed E-state index contributed by atoms with van der Waals surface area (Å²) in [5.74, 6) is 0.262. The Balaban J connectivity index is 1.53. The van der Waals surface area contributed by atoms with Crippen LogP contribution in [0.1, 0.15) is 62.1 Å². The van der Waals surface area contributed by atoms with E-state index in [0.29, 0.717) is 18.2 Å². The van der Waals surface area contributed by atoms with Crippen molar-refractivity contribution in [1.29, 1.82) is 0 Å². The van der Waals surface area contributed by atoms with Gasteiger partial charge in [0, 0.05) is 11.6 Å². The summed E-state index contributed by atoms with van der Waals surface area (Å²) >= 11 is 0.776. The van der Waals surface area contributed by atoms with E-state index in [4.69, 9.17) is 10.7 Å². The average Bonchev–Trinajstić information content (AvgIpc) is 2.85. The number of aryl methyl sites for hydroxylation is 1.